The fourth-order valence-corrected chi connectivity index (χ4v) is 2.26. The highest BCUT2D eigenvalue weighted by Crippen LogP contribution is 2.10. The van der Waals surface area contributed by atoms with Crippen LogP contribution in [-0.2, 0) is 19.5 Å². The molecule has 0 atom stereocenters. The van der Waals surface area contributed by atoms with E-state index in [9.17, 15) is 0 Å². The van der Waals surface area contributed by atoms with Crippen LogP contribution in [0, 0.1) is 0 Å². The van der Waals surface area contributed by atoms with E-state index in [0.717, 1.165) is 48.4 Å². The van der Waals surface area contributed by atoms with Crippen molar-refractivity contribution < 1.29 is 0 Å². The highest BCUT2D eigenvalue weighted by molar-refractivity contribution is 6.30. The zero-order chi connectivity index (χ0) is 16.5. The monoisotopic (exact) mass is 334 g/mol. The second kappa shape index (κ2) is 9.15. The first-order valence-corrected chi connectivity index (χ1v) is 8.24. The Labute approximate surface area is 142 Å². The van der Waals surface area contributed by atoms with E-state index in [-0.39, 0.29) is 0 Å². The second-order valence-electron chi connectivity index (χ2n) is 5.04. The standard InChI is InChI=1S/C16H23ClN6/c1-3-15-22-21-12-23(15)10-9-19-16(18-4-2)20-11-13-5-7-14(17)8-6-13/h5-8,12H,3-4,9-11H2,1-2H3,(H2,18,19,20). The van der Waals surface area contributed by atoms with Gasteiger partial charge in [0, 0.05) is 31.1 Å². The highest BCUT2D eigenvalue weighted by Gasteiger charge is 2.02. The maximum absolute atomic E-state index is 5.89. The normalized spacial score (nSPS) is 11.5. The smallest absolute Gasteiger partial charge is 0.191 e. The lowest BCUT2D eigenvalue weighted by Crippen LogP contribution is -2.38. The SMILES string of the molecule is CCNC(=NCc1ccc(Cl)cc1)NCCn1cnnc1CC. The molecule has 2 aromatic rings. The Morgan fingerprint density at radius 3 is 2.70 bits per heavy atom. The van der Waals surface area contributed by atoms with Crippen LogP contribution < -0.4 is 10.6 Å². The van der Waals surface area contributed by atoms with Crippen molar-refractivity contribution in [2.75, 3.05) is 13.1 Å². The number of rotatable bonds is 7. The molecule has 0 saturated carbocycles. The van der Waals surface area contributed by atoms with Gasteiger partial charge in [0.15, 0.2) is 5.96 Å². The van der Waals surface area contributed by atoms with Crippen LogP contribution in [0.2, 0.25) is 5.02 Å². The molecular weight excluding hydrogens is 312 g/mol. The maximum atomic E-state index is 5.89. The molecule has 0 aliphatic carbocycles. The van der Waals surface area contributed by atoms with E-state index >= 15 is 0 Å². The Hall–Kier alpha value is -2.08. The van der Waals surface area contributed by atoms with Crippen LogP contribution >= 0.6 is 11.6 Å². The first-order valence-electron chi connectivity index (χ1n) is 7.86. The predicted octanol–water partition coefficient (Wildman–Crippen LogP) is 2.25. The van der Waals surface area contributed by atoms with Crippen LogP contribution in [0.15, 0.2) is 35.6 Å². The molecule has 0 radical (unpaired) electrons. The number of halogens is 1. The lowest BCUT2D eigenvalue weighted by molar-refractivity contribution is 0.632. The summed E-state index contributed by atoms with van der Waals surface area (Å²) in [4.78, 5) is 4.59. The van der Waals surface area contributed by atoms with Gasteiger partial charge in [0.05, 0.1) is 6.54 Å². The van der Waals surface area contributed by atoms with E-state index in [1.165, 1.54) is 0 Å². The molecule has 0 saturated heterocycles. The Morgan fingerprint density at radius 2 is 2.00 bits per heavy atom. The molecule has 0 fully saturated rings. The summed E-state index contributed by atoms with van der Waals surface area (Å²) in [5.74, 6) is 1.79. The first-order chi connectivity index (χ1) is 11.2. The molecule has 0 spiro atoms. The zero-order valence-electron chi connectivity index (χ0n) is 13.6. The fourth-order valence-electron chi connectivity index (χ4n) is 2.14. The molecule has 7 heteroatoms. The molecule has 6 nitrogen and oxygen atoms in total. The molecule has 0 unspecified atom stereocenters. The van der Waals surface area contributed by atoms with Crippen molar-refractivity contribution in [3.63, 3.8) is 0 Å². The lowest BCUT2D eigenvalue weighted by Gasteiger charge is -2.12. The topological polar surface area (TPSA) is 67.1 Å². The van der Waals surface area contributed by atoms with Crippen LogP contribution in [0.3, 0.4) is 0 Å². The number of aliphatic imine (C=N–C) groups is 1. The van der Waals surface area contributed by atoms with Gasteiger partial charge in [-0.2, -0.15) is 0 Å². The van der Waals surface area contributed by atoms with Gasteiger partial charge < -0.3 is 15.2 Å². The predicted molar refractivity (Wildman–Crippen MR) is 93.7 cm³/mol. The van der Waals surface area contributed by atoms with Crippen molar-refractivity contribution in [2.24, 2.45) is 4.99 Å². The van der Waals surface area contributed by atoms with E-state index in [2.05, 4.69) is 44.2 Å². The van der Waals surface area contributed by atoms with Crippen molar-refractivity contribution >= 4 is 17.6 Å². The largest absolute Gasteiger partial charge is 0.357 e. The Balaban J connectivity index is 1.87. The van der Waals surface area contributed by atoms with Crippen molar-refractivity contribution in [3.8, 4) is 0 Å². The minimum Gasteiger partial charge on any atom is -0.357 e. The quantitative estimate of drug-likeness (QED) is 0.602. The van der Waals surface area contributed by atoms with Crippen molar-refractivity contribution in [1.29, 1.82) is 0 Å². The summed E-state index contributed by atoms with van der Waals surface area (Å²) in [6.07, 6.45) is 2.64. The molecule has 23 heavy (non-hydrogen) atoms. The van der Waals surface area contributed by atoms with Gasteiger partial charge in [-0.25, -0.2) is 4.99 Å². The van der Waals surface area contributed by atoms with Gasteiger partial charge in [0.1, 0.15) is 12.2 Å². The number of nitrogens with one attached hydrogen (secondary N) is 2. The Morgan fingerprint density at radius 1 is 1.22 bits per heavy atom. The summed E-state index contributed by atoms with van der Waals surface area (Å²) < 4.78 is 2.05. The highest BCUT2D eigenvalue weighted by atomic mass is 35.5. The third-order valence-corrected chi connectivity index (χ3v) is 3.59. The molecule has 0 amide bonds. The zero-order valence-corrected chi connectivity index (χ0v) is 14.3. The fraction of sp³-hybridized carbons (Fsp3) is 0.438. The molecule has 0 bridgehead atoms. The van der Waals surface area contributed by atoms with Gasteiger partial charge in [-0.1, -0.05) is 30.7 Å². The summed E-state index contributed by atoms with van der Waals surface area (Å²) in [5.41, 5.74) is 1.12. The van der Waals surface area contributed by atoms with E-state index in [0.29, 0.717) is 6.54 Å². The van der Waals surface area contributed by atoms with Crippen molar-refractivity contribution in [3.05, 3.63) is 47.0 Å². The van der Waals surface area contributed by atoms with Gasteiger partial charge in [-0.15, -0.1) is 10.2 Å². The number of hydrogen-bond donors (Lipinski definition) is 2. The number of aromatic nitrogens is 3. The number of hydrogen-bond acceptors (Lipinski definition) is 3. The van der Waals surface area contributed by atoms with Gasteiger partial charge in [0.25, 0.3) is 0 Å². The minimum atomic E-state index is 0.610. The number of benzene rings is 1. The summed E-state index contributed by atoms with van der Waals surface area (Å²) in [5, 5.41) is 15.3. The molecule has 1 heterocycles. The molecule has 2 N–H and O–H groups in total. The molecular formula is C16H23ClN6. The van der Waals surface area contributed by atoms with Crippen LogP contribution in [0.5, 0.6) is 0 Å². The summed E-state index contributed by atoms with van der Waals surface area (Å²) in [7, 11) is 0. The van der Waals surface area contributed by atoms with Gasteiger partial charge >= 0.3 is 0 Å². The maximum Gasteiger partial charge on any atom is 0.191 e. The van der Waals surface area contributed by atoms with Gasteiger partial charge in [-0.3, -0.25) is 0 Å². The average molecular weight is 335 g/mol. The van der Waals surface area contributed by atoms with Crippen LogP contribution in [0.4, 0.5) is 0 Å². The third-order valence-electron chi connectivity index (χ3n) is 3.33. The Bertz CT molecular complexity index is 620. The molecule has 124 valence electrons. The number of guanidine groups is 1. The molecule has 1 aromatic heterocycles. The van der Waals surface area contributed by atoms with E-state index in [1.807, 2.05) is 24.3 Å². The summed E-state index contributed by atoms with van der Waals surface area (Å²) in [6, 6.07) is 7.73. The molecule has 2 rings (SSSR count). The van der Waals surface area contributed by atoms with E-state index < -0.39 is 0 Å². The van der Waals surface area contributed by atoms with Crippen LogP contribution in [0.1, 0.15) is 25.2 Å². The number of aryl methyl sites for hydroxylation is 1. The van der Waals surface area contributed by atoms with Crippen LogP contribution in [-0.4, -0.2) is 33.8 Å². The number of nitrogens with zero attached hydrogens (tertiary/aromatic N) is 4. The first kappa shape index (κ1) is 17.3. The molecule has 0 aliphatic rings. The minimum absolute atomic E-state index is 0.610. The third kappa shape index (κ3) is 5.56. The second-order valence-corrected chi connectivity index (χ2v) is 5.48. The molecule has 0 aliphatic heterocycles. The van der Waals surface area contributed by atoms with Gasteiger partial charge in [0.2, 0.25) is 0 Å². The summed E-state index contributed by atoms with van der Waals surface area (Å²) >= 11 is 5.89. The van der Waals surface area contributed by atoms with Crippen LogP contribution in [0.25, 0.3) is 0 Å². The average Bonchev–Trinajstić information content (AvgIpc) is 3.01. The van der Waals surface area contributed by atoms with Crippen molar-refractivity contribution in [2.45, 2.75) is 33.4 Å². The molecule has 1 aromatic carbocycles. The van der Waals surface area contributed by atoms with Gasteiger partial charge in [-0.05, 0) is 24.6 Å². The van der Waals surface area contributed by atoms with E-state index in [4.69, 9.17) is 11.6 Å². The Kier molecular flexibility index (Phi) is 6.87. The lowest BCUT2D eigenvalue weighted by atomic mass is 10.2. The van der Waals surface area contributed by atoms with Crippen molar-refractivity contribution in [1.82, 2.24) is 25.4 Å². The summed E-state index contributed by atoms with van der Waals surface area (Å²) in [6.45, 7) is 7.12. The van der Waals surface area contributed by atoms with E-state index in [1.54, 1.807) is 6.33 Å².